The van der Waals surface area contributed by atoms with Crippen LogP contribution in [-0.2, 0) is 0 Å². The van der Waals surface area contributed by atoms with Crippen molar-refractivity contribution >= 4 is 34.1 Å². The van der Waals surface area contributed by atoms with Crippen LogP contribution in [0, 0.1) is 0 Å². The molecule has 120 valence electrons. The Bertz CT molecular complexity index is 845. The minimum Gasteiger partial charge on any atom is -0.490 e. The lowest BCUT2D eigenvalue weighted by Gasteiger charge is -2.16. The van der Waals surface area contributed by atoms with Crippen LogP contribution in [0.1, 0.15) is 19.3 Å². The van der Waals surface area contributed by atoms with Crippen molar-refractivity contribution in [2.75, 3.05) is 0 Å². The van der Waals surface area contributed by atoms with Crippen LogP contribution >= 0.6 is 23.2 Å². The van der Waals surface area contributed by atoms with Gasteiger partial charge in [-0.25, -0.2) is 0 Å². The Morgan fingerprint density at radius 1 is 1.26 bits per heavy atom. The Morgan fingerprint density at radius 3 is 2.83 bits per heavy atom. The van der Waals surface area contributed by atoms with Gasteiger partial charge in [0.05, 0.1) is 33.2 Å². The monoisotopic (exact) mass is 351 g/mol. The molecule has 0 saturated heterocycles. The average Bonchev–Trinajstić information content (AvgIpc) is 3.24. The minimum atomic E-state index is -0.294. The van der Waals surface area contributed by atoms with Crippen LogP contribution in [0.3, 0.4) is 0 Å². The molecule has 1 fully saturated rings. The van der Waals surface area contributed by atoms with E-state index in [0.717, 1.165) is 34.9 Å². The lowest BCUT2D eigenvalue weighted by molar-refractivity contribution is 0.150. The van der Waals surface area contributed by atoms with Gasteiger partial charge in [-0.3, -0.25) is 5.10 Å². The number of rotatable bonds is 3. The SMILES string of the molecule is O[C@H]1CC[C@H](Oc2cc(Cl)c(Cl)c3[nH]cc(-c4cn[nH]c4)c23)C1. The highest BCUT2D eigenvalue weighted by molar-refractivity contribution is 6.45. The second-order valence-electron chi connectivity index (χ2n) is 5.82. The molecule has 1 aromatic carbocycles. The summed E-state index contributed by atoms with van der Waals surface area (Å²) in [6.07, 6.45) is 7.34. The fourth-order valence-corrected chi connectivity index (χ4v) is 3.54. The average molecular weight is 352 g/mol. The summed E-state index contributed by atoms with van der Waals surface area (Å²) < 4.78 is 6.14. The third kappa shape index (κ3) is 2.59. The highest BCUT2D eigenvalue weighted by Crippen LogP contribution is 2.43. The maximum absolute atomic E-state index is 9.71. The van der Waals surface area contributed by atoms with Gasteiger partial charge < -0.3 is 14.8 Å². The Balaban J connectivity index is 1.85. The van der Waals surface area contributed by atoms with Crippen molar-refractivity contribution in [3.63, 3.8) is 0 Å². The van der Waals surface area contributed by atoms with E-state index in [4.69, 9.17) is 27.9 Å². The number of hydrogen-bond acceptors (Lipinski definition) is 3. The molecule has 3 aromatic rings. The van der Waals surface area contributed by atoms with Gasteiger partial charge in [0.2, 0.25) is 0 Å². The number of halogens is 2. The molecule has 0 radical (unpaired) electrons. The van der Waals surface area contributed by atoms with Crippen molar-refractivity contribution in [1.82, 2.24) is 15.2 Å². The molecule has 0 unspecified atom stereocenters. The molecule has 2 aromatic heterocycles. The molecule has 1 saturated carbocycles. The smallest absolute Gasteiger partial charge is 0.131 e. The van der Waals surface area contributed by atoms with Crippen LogP contribution in [-0.4, -0.2) is 32.5 Å². The van der Waals surface area contributed by atoms with Crippen LogP contribution < -0.4 is 4.74 Å². The zero-order valence-electron chi connectivity index (χ0n) is 12.1. The number of aliphatic hydroxyl groups excluding tert-OH is 1. The van der Waals surface area contributed by atoms with E-state index in [9.17, 15) is 5.11 Å². The largest absolute Gasteiger partial charge is 0.490 e. The minimum absolute atomic E-state index is 0.0162. The highest BCUT2D eigenvalue weighted by Gasteiger charge is 2.26. The van der Waals surface area contributed by atoms with Crippen molar-refractivity contribution in [1.29, 1.82) is 0 Å². The van der Waals surface area contributed by atoms with E-state index in [1.54, 1.807) is 12.3 Å². The molecule has 4 rings (SSSR count). The molecule has 5 nitrogen and oxygen atoms in total. The van der Waals surface area contributed by atoms with Crippen LogP contribution in [0.5, 0.6) is 5.75 Å². The molecule has 1 aliphatic carbocycles. The fourth-order valence-electron chi connectivity index (χ4n) is 3.15. The molecule has 7 heteroatoms. The van der Waals surface area contributed by atoms with Gasteiger partial charge in [-0.1, -0.05) is 23.2 Å². The number of ether oxygens (including phenoxy) is 1. The van der Waals surface area contributed by atoms with Crippen molar-refractivity contribution in [2.24, 2.45) is 0 Å². The first kappa shape index (κ1) is 14.9. The number of aromatic amines is 2. The van der Waals surface area contributed by atoms with E-state index < -0.39 is 0 Å². The second-order valence-corrected chi connectivity index (χ2v) is 6.60. The predicted octanol–water partition coefficient (Wildman–Crippen LogP) is 4.16. The van der Waals surface area contributed by atoms with Gasteiger partial charge in [-0.15, -0.1) is 0 Å². The quantitative estimate of drug-likeness (QED) is 0.663. The number of aromatic nitrogens is 3. The molecule has 0 amide bonds. The first-order valence-corrected chi connectivity index (χ1v) is 8.22. The lowest BCUT2D eigenvalue weighted by atomic mass is 10.1. The molecule has 0 aliphatic heterocycles. The number of fused-ring (bicyclic) bond motifs is 1. The maximum Gasteiger partial charge on any atom is 0.131 e. The summed E-state index contributed by atoms with van der Waals surface area (Å²) in [5, 5.41) is 18.3. The maximum atomic E-state index is 9.71. The second kappa shape index (κ2) is 5.74. The summed E-state index contributed by atoms with van der Waals surface area (Å²) in [5.74, 6) is 0.672. The number of aliphatic hydroxyl groups is 1. The third-order valence-corrected chi connectivity index (χ3v) is 5.06. The first-order chi connectivity index (χ1) is 11.1. The predicted molar refractivity (Wildman–Crippen MR) is 90.2 cm³/mol. The topological polar surface area (TPSA) is 73.9 Å². The molecule has 1 aliphatic rings. The fraction of sp³-hybridized carbons (Fsp3) is 0.312. The highest BCUT2D eigenvalue weighted by atomic mass is 35.5. The number of nitrogens with one attached hydrogen (secondary N) is 2. The number of H-pyrrole nitrogens is 2. The molecule has 23 heavy (non-hydrogen) atoms. The molecular formula is C16H15Cl2N3O2. The van der Waals surface area contributed by atoms with E-state index >= 15 is 0 Å². The lowest BCUT2D eigenvalue weighted by Crippen LogP contribution is -2.13. The van der Waals surface area contributed by atoms with E-state index in [1.807, 2.05) is 12.4 Å². The van der Waals surface area contributed by atoms with Gasteiger partial charge in [0.15, 0.2) is 0 Å². The third-order valence-electron chi connectivity index (χ3n) is 4.27. The number of nitrogens with zero attached hydrogens (tertiary/aromatic N) is 1. The summed E-state index contributed by atoms with van der Waals surface area (Å²) in [6, 6.07) is 1.74. The van der Waals surface area contributed by atoms with Crippen molar-refractivity contribution in [3.8, 4) is 16.9 Å². The van der Waals surface area contributed by atoms with Gasteiger partial charge in [-0.2, -0.15) is 5.10 Å². The van der Waals surface area contributed by atoms with E-state index in [2.05, 4.69) is 15.2 Å². The standard InChI is InChI=1S/C16H15Cl2N3O2/c17-12-4-13(23-10-2-1-9(22)3-10)14-11(8-5-20-21-6-8)7-19-16(14)15(12)18/h4-7,9-10,19,22H,1-3H2,(H,20,21)/t9-,10-/m0/s1. The van der Waals surface area contributed by atoms with E-state index in [0.29, 0.717) is 22.2 Å². The molecule has 0 bridgehead atoms. The Morgan fingerprint density at radius 2 is 2.13 bits per heavy atom. The van der Waals surface area contributed by atoms with Crippen molar-refractivity contribution in [3.05, 3.63) is 34.7 Å². The van der Waals surface area contributed by atoms with Gasteiger partial charge in [0.25, 0.3) is 0 Å². The van der Waals surface area contributed by atoms with Crippen LogP contribution in [0.25, 0.3) is 22.0 Å². The van der Waals surface area contributed by atoms with Crippen LogP contribution in [0.15, 0.2) is 24.7 Å². The first-order valence-electron chi connectivity index (χ1n) is 7.46. The zero-order valence-corrected chi connectivity index (χ0v) is 13.7. The van der Waals surface area contributed by atoms with Crippen molar-refractivity contribution in [2.45, 2.75) is 31.5 Å². The summed E-state index contributed by atoms with van der Waals surface area (Å²) in [7, 11) is 0. The summed E-state index contributed by atoms with van der Waals surface area (Å²) in [4.78, 5) is 3.17. The Kier molecular flexibility index (Phi) is 3.71. The molecule has 2 heterocycles. The van der Waals surface area contributed by atoms with Crippen molar-refractivity contribution < 1.29 is 9.84 Å². The molecular weight excluding hydrogens is 337 g/mol. The summed E-state index contributed by atoms with van der Waals surface area (Å²) in [5.41, 5.74) is 2.62. The Hall–Kier alpha value is -1.69. The van der Waals surface area contributed by atoms with Crippen LogP contribution in [0.4, 0.5) is 0 Å². The van der Waals surface area contributed by atoms with Crippen LogP contribution in [0.2, 0.25) is 10.0 Å². The zero-order chi connectivity index (χ0) is 16.0. The summed E-state index contributed by atoms with van der Waals surface area (Å²) >= 11 is 12.6. The molecule has 0 spiro atoms. The Labute approximate surface area is 142 Å². The van der Waals surface area contributed by atoms with Gasteiger partial charge in [0.1, 0.15) is 11.9 Å². The normalized spacial score (nSPS) is 21.2. The molecule has 2 atom stereocenters. The van der Waals surface area contributed by atoms with Gasteiger partial charge in [-0.05, 0) is 12.8 Å². The van der Waals surface area contributed by atoms with E-state index in [1.165, 1.54) is 0 Å². The number of hydrogen-bond donors (Lipinski definition) is 3. The van der Waals surface area contributed by atoms with E-state index in [-0.39, 0.29) is 12.2 Å². The van der Waals surface area contributed by atoms with Gasteiger partial charge in [0, 0.05) is 36.0 Å². The molecule has 3 N–H and O–H groups in total. The van der Waals surface area contributed by atoms with Gasteiger partial charge >= 0.3 is 0 Å². The summed E-state index contributed by atoms with van der Waals surface area (Å²) in [6.45, 7) is 0. The number of benzene rings is 1.